The number of halogens is 1. The van der Waals surface area contributed by atoms with Crippen molar-refractivity contribution >= 4 is 35.0 Å². The Kier molecular flexibility index (Phi) is 6.62. The van der Waals surface area contributed by atoms with E-state index in [1.54, 1.807) is 53.4 Å². The van der Waals surface area contributed by atoms with Crippen LogP contribution in [0.5, 0.6) is 0 Å². The zero-order valence-electron chi connectivity index (χ0n) is 15.1. The van der Waals surface area contributed by atoms with Crippen LogP contribution in [0.2, 0.25) is 5.02 Å². The zero-order valence-corrected chi connectivity index (χ0v) is 15.9. The molecule has 2 N–H and O–H groups in total. The van der Waals surface area contributed by atoms with Crippen molar-refractivity contribution in [2.24, 2.45) is 0 Å². The fraction of sp³-hybridized carbons (Fsp3) is 0.250. The van der Waals surface area contributed by atoms with Crippen molar-refractivity contribution in [2.45, 2.75) is 6.54 Å². The second kappa shape index (κ2) is 9.34. The number of hydrogen-bond acceptors (Lipinski definition) is 4. The summed E-state index contributed by atoms with van der Waals surface area (Å²) >= 11 is 6.04. The van der Waals surface area contributed by atoms with Gasteiger partial charge in [-0.2, -0.15) is 0 Å². The van der Waals surface area contributed by atoms with E-state index in [-0.39, 0.29) is 18.1 Å². The Bertz CT molecular complexity index is 881. The number of carbonyl (C=O) groups is 3. The van der Waals surface area contributed by atoms with E-state index in [2.05, 4.69) is 10.6 Å². The first-order chi connectivity index (χ1) is 13.6. The predicted molar refractivity (Wildman–Crippen MR) is 105 cm³/mol. The lowest BCUT2D eigenvalue weighted by Crippen LogP contribution is -2.41. The van der Waals surface area contributed by atoms with E-state index in [9.17, 15) is 14.4 Å². The SMILES string of the molecule is O=C(NCc1ccccc1Cl)C(=O)Nc1ccccc1C(=O)N1CCOCC1. The molecule has 0 aliphatic carbocycles. The van der Waals surface area contributed by atoms with Crippen molar-refractivity contribution in [3.63, 3.8) is 0 Å². The van der Waals surface area contributed by atoms with Gasteiger partial charge in [-0.25, -0.2) is 0 Å². The minimum Gasteiger partial charge on any atom is -0.378 e. The van der Waals surface area contributed by atoms with Crippen LogP contribution in [-0.2, 0) is 20.9 Å². The van der Waals surface area contributed by atoms with Crippen molar-refractivity contribution in [3.8, 4) is 0 Å². The molecule has 1 saturated heterocycles. The molecule has 0 bridgehead atoms. The van der Waals surface area contributed by atoms with Crippen molar-refractivity contribution in [1.82, 2.24) is 10.2 Å². The Morgan fingerprint density at radius 2 is 1.64 bits per heavy atom. The minimum atomic E-state index is -0.853. The second-order valence-corrected chi connectivity index (χ2v) is 6.59. The smallest absolute Gasteiger partial charge is 0.313 e. The summed E-state index contributed by atoms with van der Waals surface area (Å²) in [6.45, 7) is 2.05. The number of rotatable bonds is 4. The molecular weight excluding hydrogens is 382 g/mol. The molecule has 0 radical (unpaired) electrons. The fourth-order valence-electron chi connectivity index (χ4n) is 2.79. The second-order valence-electron chi connectivity index (χ2n) is 6.18. The first-order valence-corrected chi connectivity index (χ1v) is 9.22. The molecule has 2 aromatic rings. The molecule has 1 heterocycles. The minimum absolute atomic E-state index is 0.125. The van der Waals surface area contributed by atoms with Crippen molar-refractivity contribution in [2.75, 3.05) is 31.6 Å². The maximum atomic E-state index is 12.7. The molecule has 3 rings (SSSR count). The predicted octanol–water partition coefficient (Wildman–Crippen LogP) is 2.07. The van der Waals surface area contributed by atoms with E-state index < -0.39 is 11.8 Å². The first-order valence-electron chi connectivity index (χ1n) is 8.85. The third-order valence-electron chi connectivity index (χ3n) is 4.31. The molecule has 0 saturated carbocycles. The Labute approximate surface area is 167 Å². The molecule has 1 aliphatic rings. The summed E-state index contributed by atoms with van der Waals surface area (Å²) in [7, 11) is 0. The van der Waals surface area contributed by atoms with Gasteiger partial charge < -0.3 is 20.3 Å². The average Bonchev–Trinajstić information content (AvgIpc) is 2.73. The monoisotopic (exact) mass is 401 g/mol. The van der Waals surface area contributed by atoms with Gasteiger partial charge in [-0.05, 0) is 23.8 Å². The van der Waals surface area contributed by atoms with E-state index >= 15 is 0 Å². The zero-order chi connectivity index (χ0) is 19.9. The molecule has 28 heavy (non-hydrogen) atoms. The summed E-state index contributed by atoms with van der Waals surface area (Å²) in [5.41, 5.74) is 1.32. The highest BCUT2D eigenvalue weighted by molar-refractivity contribution is 6.40. The molecule has 1 aliphatic heterocycles. The summed E-state index contributed by atoms with van der Waals surface area (Å²) < 4.78 is 5.26. The van der Waals surface area contributed by atoms with Crippen LogP contribution in [-0.4, -0.2) is 48.9 Å². The largest absolute Gasteiger partial charge is 0.378 e. The highest BCUT2D eigenvalue weighted by Gasteiger charge is 2.23. The lowest BCUT2D eigenvalue weighted by atomic mass is 10.1. The van der Waals surface area contributed by atoms with Crippen LogP contribution in [0.3, 0.4) is 0 Å². The number of carbonyl (C=O) groups excluding carboxylic acids is 3. The van der Waals surface area contributed by atoms with Gasteiger partial charge in [-0.1, -0.05) is 41.9 Å². The molecule has 0 unspecified atom stereocenters. The number of ether oxygens (including phenoxy) is 1. The summed E-state index contributed by atoms with van der Waals surface area (Å²) in [5, 5.41) is 5.55. The first kappa shape index (κ1) is 19.9. The molecule has 3 amide bonds. The van der Waals surface area contributed by atoms with E-state index in [1.165, 1.54) is 0 Å². The molecule has 0 atom stereocenters. The van der Waals surface area contributed by atoms with Gasteiger partial charge in [0.25, 0.3) is 5.91 Å². The summed E-state index contributed by atoms with van der Waals surface area (Å²) in [5.74, 6) is -1.88. The van der Waals surface area contributed by atoms with Crippen molar-refractivity contribution < 1.29 is 19.1 Å². The average molecular weight is 402 g/mol. The molecule has 2 aromatic carbocycles. The molecular formula is C20H20ClN3O4. The summed E-state index contributed by atoms with van der Waals surface area (Å²) in [4.78, 5) is 38.8. The van der Waals surface area contributed by atoms with Crippen LogP contribution in [0.1, 0.15) is 15.9 Å². The van der Waals surface area contributed by atoms with Gasteiger partial charge in [0.15, 0.2) is 0 Å². The number of nitrogens with one attached hydrogen (secondary N) is 2. The quantitative estimate of drug-likeness (QED) is 0.768. The Hall–Kier alpha value is -2.90. The lowest BCUT2D eigenvalue weighted by molar-refractivity contribution is -0.136. The topological polar surface area (TPSA) is 87.7 Å². The van der Waals surface area contributed by atoms with Crippen LogP contribution < -0.4 is 10.6 Å². The maximum absolute atomic E-state index is 12.7. The summed E-state index contributed by atoms with van der Waals surface area (Å²) in [6.07, 6.45) is 0. The molecule has 146 valence electrons. The molecule has 0 spiro atoms. The Balaban J connectivity index is 1.64. The normalized spacial score (nSPS) is 13.7. The Morgan fingerprint density at radius 3 is 2.39 bits per heavy atom. The lowest BCUT2D eigenvalue weighted by Gasteiger charge is -2.27. The van der Waals surface area contributed by atoms with Crippen LogP contribution in [0.4, 0.5) is 5.69 Å². The highest BCUT2D eigenvalue weighted by atomic mass is 35.5. The van der Waals surface area contributed by atoms with Gasteiger partial charge in [0.1, 0.15) is 0 Å². The third-order valence-corrected chi connectivity index (χ3v) is 4.68. The fourth-order valence-corrected chi connectivity index (χ4v) is 2.99. The third kappa shape index (κ3) is 4.88. The van der Waals surface area contributed by atoms with Gasteiger partial charge in [-0.3, -0.25) is 14.4 Å². The van der Waals surface area contributed by atoms with Gasteiger partial charge in [0.05, 0.1) is 24.5 Å². The molecule has 1 fully saturated rings. The van der Waals surface area contributed by atoms with Crippen molar-refractivity contribution in [3.05, 3.63) is 64.7 Å². The number of morpholine rings is 1. The van der Waals surface area contributed by atoms with Crippen LogP contribution >= 0.6 is 11.6 Å². The van der Waals surface area contributed by atoms with Gasteiger partial charge in [0, 0.05) is 24.7 Å². The van der Waals surface area contributed by atoms with E-state index in [0.29, 0.717) is 42.5 Å². The van der Waals surface area contributed by atoms with Crippen LogP contribution in [0.15, 0.2) is 48.5 Å². The van der Waals surface area contributed by atoms with E-state index in [1.807, 2.05) is 0 Å². The van der Waals surface area contributed by atoms with E-state index in [0.717, 1.165) is 0 Å². The van der Waals surface area contributed by atoms with Crippen LogP contribution in [0.25, 0.3) is 0 Å². The number of hydrogen-bond donors (Lipinski definition) is 2. The number of anilines is 1. The number of nitrogens with zero attached hydrogens (tertiary/aromatic N) is 1. The molecule has 7 nitrogen and oxygen atoms in total. The Morgan fingerprint density at radius 1 is 0.964 bits per heavy atom. The standard InChI is InChI=1S/C20H20ClN3O4/c21-16-7-3-1-5-14(16)13-22-18(25)19(26)23-17-8-4-2-6-15(17)20(27)24-9-11-28-12-10-24/h1-8H,9-13H2,(H,22,25)(H,23,26). The van der Waals surface area contributed by atoms with Gasteiger partial charge in [0.2, 0.25) is 0 Å². The van der Waals surface area contributed by atoms with E-state index in [4.69, 9.17) is 16.3 Å². The van der Waals surface area contributed by atoms with Gasteiger partial charge >= 0.3 is 11.8 Å². The van der Waals surface area contributed by atoms with Crippen molar-refractivity contribution in [1.29, 1.82) is 0 Å². The maximum Gasteiger partial charge on any atom is 0.313 e. The highest BCUT2D eigenvalue weighted by Crippen LogP contribution is 2.18. The number of benzene rings is 2. The number of amides is 3. The van der Waals surface area contributed by atoms with Crippen LogP contribution in [0, 0.1) is 0 Å². The number of para-hydroxylation sites is 1. The van der Waals surface area contributed by atoms with Gasteiger partial charge in [-0.15, -0.1) is 0 Å². The molecule has 0 aromatic heterocycles. The molecule has 8 heteroatoms. The summed E-state index contributed by atoms with van der Waals surface area (Å²) in [6, 6.07) is 13.6.